The van der Waals surface area contributed by atoms with E-state index in [4.69, 9.17) is 9.15 Å². The number of oxazole rings is 1. The fraction of sp³-hybridized carbons (Fsp3) is 0.400. The van der Waals surface area contributed by atoms with E-state index in [1.165, 1.54) is 24.1 Å². The van der Waals surface area contributed by atoms with Crippen LogP contribution in [-0.4, -0.2) is 60.5 Å². The topological polar surface area (TPSA) is 105 Å². The van der Waals surface area contributed by atoms with E-state index in [1.54, 1.807) is 41.3 Å². The van der Waals surface area contributed by atoms with Gasteiger partial charge in [-0.25, -0.2) is 4.79 Å². The zero-order valence-electron chi connectivity index (χ0n) is 23.2. The van der Waals surface area contributed by atoms with Gasteiger partial charge in [0, 0.05) is 30.9 Å². The van der Waals surface area contributed by atoms with Gasteiger partial charge in [-0.3, -0.25) is 9.59 Å². The quantitative estimate of drug-likeness (QED) is 0.375. The number of esters is 1. The molecule has 0 radical (unpaired) electrons. The molecular weight excluding hydrogens is 553 g/mol. The summed E-state index contributed by atoms with van der Waals surface area (Å²) in [5.74, 6) is -2.48. The van der Waals surface area contributed by atoms with Crippen LogP contribution in [0.15, 0.2) is 52.9 Å². The zero-order valence-corrected chi connectivity index (χ0v) is 23.2. The molecule has 2 aliphatic heterocycles. The van der Waals surface area contributed by atoms with Crippen LogP contribution in [0.3, 0.4) is 0 Å². The van der Waals surface area contributed by atoms with Gasteiger partial charge in [-0.1, -0.05) is 37.3 Å². The lowest BCUT2D eigenvalue weighted by Crippen LogP contribution is -2.41. The molecule has 3 aromatic rings. The fourth-order valence-electron chi connectivity index (χ4n) is 5.54. The van der Waals surface area contributed by atoms with Crippen molar-refractivity contribution < 1.29 is 36.7 Å². The Morgan fingerprint density at radius 3 is 2.43 bits per heavy atom. The number of nitrogens with zero attached hydrogens (tertiary/aromatic N) is 3. The van der Waals surface area contributed by atoms with Crippen LogP contribution in [0.2, 0.25) is 0 Å². The highest BCUT2D eigenvalue weighted by atomic mass is 19.4. The standard InChI is InChI=1S/C30H31F3N4O5/c1-18-7-5-15-36(17-18)29-35-25(30(31,32)33)24(42-29)26(38)34-20-13-11-19(12-14-20)21-8-3-4-9-22(21)27(39)37-16-6-10-23(37)28(40)41-2/h3-4,8-9,11-14,18,23H,5-7,10,15-17H2,1-2H3,(H,34,38)/t18?,23-/m0/s1. The van der Waals surface area contributed by atoms with Gasteiger partial charge in [0.05, 0.1) is 7.11 Å². The smallest absolute Gasteiger partial charge is 0.437 e. The van der Waals surface area contributed by atoms with Gasteiger partial charge in [-0.15, -0.1) is 0 Å². The molecular formula is C30H31F3N4O5. The van der Waals surface area contributed by atoms with E-state index in [9.17, 15) is 27.6 Å². The minimum Gasteiger partial charge on any atom is -0.467 e. The van der Waals surface area contributed by atoms with Gasteiger partial charge in [-0.2, -0.15) is 18.2 Å². The lowest BCUT2D eigenvalue weighted by atomic mass is 9.98. The summed E-state index contributed by atoms with van der Waals surface area (Å²) in [7, 11) is 1.29. The van der Waals surface area contributed by atoms with Gasteiger partial charge in [0.15, 0.2) is 5.69 Å². The van der Waals surface area contributed by atoms with E-state index in [0.717, 1.165) is 12.8 Å². The maximum atomic E-state index is 13.8. The van der Waals surface area contributed by atoms with Crippen molar-refractivity contribution in [3.8, 4) is 11.1 Å². The molecule has 2 saturated heterocycles. The summed E-state index contributed by atoms with van der Waals surface area (Å²) in [6.07, 6.45) is -1.93. The third-order valence-electron chi connectivity index (χ3n) is 7.62. The molecule has 9 nitrogen and oxygen atoms in total. The minimum absolute atomic E-state index is 0.219. The number of carbonyl (C=O) groups is 3. The van der Waals surface area contributed by atoms with Crippen LogP contribution in [0.4, 0.5) is 24.9 Å². The van der Waals surface area contributed by atoms with Crippen LogP contribution in [-0.2, 0) is 15.7 Å². The Morgan fingerprint density at radius 1 is 1.02 bits per heavy atom. The van der Waals surface area contributed by atoms with E-state index in [2.05, 4.69) is 10.3 Å². The highest BCUT2D eigenvalue weighted by Gasteiger charge is 2.42. The van der Waals surface area contributed by atoms with Crippen molar-refractivity contribution >= 4 is 29.5 Å². The highest BCUT2D eigenvalue weighted by Crippen LogP contribution is 2.36. The van der Waals surface area contributed by atoms with Gasteiger partial charge in [0.2, 0.25) is 5.76 Å². The molecule has 2 aliphatic rings. The van der Waals surface area contributed by atoms with Gasteiger partial charge in [0.25, 0.3) is 17.8 Å². The first-order valence-electron chi connectivity index (χ1n) is 13.8. The fourth-order valence-corrected chi connectivity index (χ4v) is 5.54. The second-order valence-electron chi connectivity index (χ2n) is 10.6. The summed E-state index contributed by atoms with van der Waals surface area (Å²) in [5, 5.41) is 2.46. The summed E-state index contributed by atoms with van der Waals surface area (Å²) in [6, 6.07) is 12.4. The zero-order chi connectivity index (χ0) is 30.0. The number of rotatable bonds is 6. The van der Waals surface area contributed by atoms with E-state index < -0.39 is 35.5 Å². The Hall–Kier alpha value is -4.35. The van der Waals surface area contributed by atoms with Crippen molar-refractivity contribution in [3.63, 3.8) is 0 Å². The molecule has 0 saturated carbocycles. The van der Waals surface area contributed by atoms with E-state index in [1.807, 2.05) is 6.92 Å². The summed E-state index contributed by atoms with van der Waals surface area (Å²) >= 11 is 0. The molecule has 2 aromatic carbocycles. The first-order chi connectivity index (χ1) is 20.1. The Bertz CT molecular complexity index is 1470. The van der Waals surface area contributed by atoms with Crippen molar-refractivity contribution in [1.82, 2.24) is 9.88 Å². The predicted molar refractivity (Wildman–Crippen MR) is 148 cm³/mol. The number of nitrogens with one attached hydrogen (secondary N) is 1. The van der Waals surface area contributed by atoms with Crippen LogP contribution < -0.4 is 10.2 Å². The van der Waals surface area contributed by atoms with E-state index in [-0.39, 0.29) is 23.5 Å². The SMILES string of the molecule is COC(=O)[C@@H]1CCCN1C(=O)c1ccccc1-c1ccc(NC(=O)c2oc(N3CCCC(C)C3)nc2C(F)(F)F)cc1. The lowest BCUT2D eigenvalue weighted by Gasteiger charge is -2.29. The number of methoxy groups -OCH3 is 1. The molecule has 0 bridgehead atoms. The third kappa shape index (κ3) is 5.97. The Balaban J connectivity index is 1.35. The summed E-state index contributed by atoms with van der Waals surface area (Å²) in [4.78, 5) is 45.4. The second-order valence-corrected chi connectivity index (χ2v) is 10.6. The largest absolute Gasteiger partial charge is 0.467 e. The first-order valence-corrected chi connectivity index (χ1v) is 13.8. The molecule has 12 heteroatoms. The summed E-state index contributed by atoms with van der Waals surface area (Å²) in [6.45, 7) is 3.41. The number of alkyl halides is 3. The molecule has 0 spiro atoms. The average molecular weight is 585 g/mol. The van der Waals surface area contributed by atoms with Gasteiger partial charge in [0.1, 0.15) is 6.04 Å². The number of ether oxygens (including phenoxy) is 1. The van der Waals surface area contributed by atoms with Crippen molar-refractivity contribution in [3.05, 3.63) is 65.5 Å². The first kappa shape index (κ1) is 29.2. The number of likely N-dealkylation sites (tertiary alicyclic amines) is 1. The molecule has 2 atom stereocenters. The van der Waals surface area contributed by atoms with E-state index >= 15 is 0 Å². The highest BCUT2D eigenvalue weighted by molar-refractivity contribution is 6.04. The monoisotopic (exact) mass is 584 g/mol. The number of carbonyl (C=O) groups excluding carboxylic acids is 3. The molecule has 3 heterocycles. The van der Waals surface area contributed by atoms with Gasteiger partial charge in [-0.05, 0) is 60.9 Å². The van der Waals surface area contributed by atoms with Crippen molar-refractivity contribution in [2.24, 2.45) is 5.92 Å². The molecule has 1 N–H and O–H groups in total. The molecule has 222 valence electrons. The van der Waals surface area contributed by atoms with Gasteiger partial charge >= 0.3 is 12.1 Å². The molecule has 0 aliphatic carbocycles. The lowest BCUT2D eigenvalue weighted by molar-refractivity contribution is -0.145. The van der Waals surface area contributed by atoms with Crippen LogP contribution >= 0.6 is 0 Å². The number of amides is 2. The third-order valence-corrected chi connectivity index (χ3v) is 7.62. The van der Waals surface area contributed by atoms with Crippen LogP contribution in [0, 0.1) is 5.92 Å². The maximum absolute atomic E-state index is 13.8. The van der Waals surface area contributed by atoms with Crippen LogP contribution in [0.25, 0.3) is 11.1 Å². The summed E-state index contributed by atoms with van der Waals surface area (Å²) < 4.78 is 51.6. The Labute approximate surface area is 240 Å². The Morgan fingerprint density at radius 2 is 1.74 bits per heavy atom. The molecule has 2 amide bonds. The molecule has 1 aromatic heterocycles. The molecule has 5 rings (SSSR count). The minimum atomic E-state index is -4.88. The van der Waals surface area contributed by atoms with Crippen molar-refractivity contribution in [2.45, 2.75) is 44.8 Å². The van der Waals surface area contributed by atoms with Crippen molar-refractivity contribution in [2.75, 3.05) is 37.0 Å². The Kier molecular flexibility index (Phi) is 8.24. The normalized spacial score (nSPS) is 19.1. The number of halogens is 3. The van der Waals surface area contributed by atoms with Gasteiger partial charge < -0.3 is 24.3 Å². The van der Waals surface area contributed by atoms with Crippen molar-refractivity contribution in [1.29, 1.82) is 0 Å². The molecule has 42 heavy (non-hydrogen) atoms. The molecule has 2 fully saturated rings. The predicted octanol–water partition coefficient (Wildman–Crippen LogP) is 5.63. The maximum Gasteiger partial charge on any atom is 0.437 e. The number of anilines is 2. The average Bonchev–Trinajstić information content (AvgIpc) is 3.65. The second kappa shape index (κ2) is 11.9. The number of hydrogen-bond acceptors (Lipinski definition) is 7. The number of benzene rings is 2. The van der Waals surface area contributed by atoms with Crippen LogP contribution in [0.5, 0.6) is 0 Å². The number of piperidine rings is 1. The number of hydrogen-bond donors (Lipinski definition) is 1. The molecule has 1 unspecified atom stereocenters. The van der Waals surface area contributed by atoms with E-state index in [0.29, 0.717) is 49.2 Å². The summed E-state index contributed by atoms with van der Waals surface area (Å²) in [5.41, 5.74) is 0.495. The van der Waals surface area contributed by atoms with Crippen LogP contribution in [0.1, 0.15) is 59.2 Å². The number of aromatic nitrogens is 1.